The van der Waals surface area contributed by atoms with Gasteiger partial charge in [0.2, 0.25) is 12.7 Å². The second kappa shape index (κ2) is 12.2. The first kappa shape index (κ1) is 27.1. The van der Waals surface area contributed by atoms with E-state index in [1.165, 1.54) is 28.8 Å². The molecule has 1 N–H and O–H groups in total. The van der Waals surface area contributed by atoms with Gasteiger partial charge in [-0.2, -0.15) is 0 Å². The Kier molecular flexibility index (Phi) is 8.26. The van der Waals surface area contributed by atoms with E-state index in [2.05, 4.69) is 15.3 Å². The Morgan fingerprint density at radius 1 is 0.950 bits per heavy atom. The number of nitrogens with one attached hydrogen (secondary N) is 1. The molecular formula is C30H27FN4O4S. The molecule has 1 aliphatic heterocycles. The summed E-state index contributed by atoms with van der Waals surface area (Å²) in [7, 11) is 0. The quantitative estimate of drug-likeness (QED) is 0.215. The molecule has 5 rings (SSSR count). The summed E-state index contributed by atoms with van der Waals surface area (Å²) in [4.78, 5) is 38.1. The molecule has 0 fully saturated rings. The maximum atomic E-state index is 13.9. The van der Waals surface area contributed by atoms with Crippen LogP contribution in [0.25, 0.3) is 0 Å². The zero-order chi connectivity index (χ0) is 28.1. The summed E-state index contributed by atoms with van der Waals surface area (Å²) < 4.78 is 24.5. The summed E-state index contributed by atoms with van der Waals surface area (Å²) in [6.07, 6.45) is 0. The van der Waals surface area contributed by atoms with Crippen molar-refractivity contribution in [2.24, 2.45) is 0 Å². The lowest BCUT2D eigenvalue weighted by Crippen LogP contribution is -2.41. The van der Waals surface area contributed by atoms with Crippen LogP contribution in [0, 0.1) is 19.7 Å². The third-order valence-corrected chi connectivity index (χ3v) is 7.02. The molecule has 1 aromatic heterocycles. The van der Waals surface area contributed by atoms with E-state index in [-0.39, 0.29) is 30.8 Å². The number of aryl methyl sites for hydroxylation is 2. The van der Waals surface area contributed by atoms with E-state index >= 15 is 0 Å². The molecular weight excluding hydrogens is 531 g/mol. The summed E-state index contributed by atoms with van der Waals surface area (Å²) in [6, 6.07) is 20.9. The van der Waals surface area contributed by atoms with Gasteiger partial charge in [-0.3, -0.25) is 9.59 Å². The van der Waals surface area contributed by atoms with Crippen LogP contribution in [0.4, 0.5) is 10.1 Å². The van der Waals surface area contributed by atoms with Gasteiger partial charge in [-0.25, -0.2) is 14.4 Å². The van der Waals surface area contributed by atoms with Crippen LogP contribution in [0.3, 0.4) is 0 Å². The molecule has 1 unspecified atom stereocenters. The zero-order valence-corrected chi connectivity index (χ0v) is 22.8. The van der Waals surface area contributed by atoms with Crippen LogP contribution in [-0.4, -0.2) is 39.2 Å². The van der Waals surface area contributed by atoms with Gasteiger partial charge in [0.15, 0.2) is 16.7 Å². The maximum Gasteiger partial charge on any atom is 0.251 e. The zero-order valence-electron chi connectivity index (χ0n) is 22.0. The van der Waals surface area contributed by atoms with Gasteiger partial charge in [0.25, 0.3) is 5.91 Å². The van der Waals surface area contributed by atoms with E-state index in [1.54, 1.807) is 42.5 Å². The molecule has 0 spiro atoms. The first-order valence-corrected chi connectivity index (χ1v) is 13.6. The Labute approximate surface area is 235 Å². The third kappa shape index (κ3) is 6.58. The Hall–Kier alpha value is -4.44. The van der Waals surface area contributed by atoms with Gasteiger partial charge >= 0.3 is 0 Å². The number of thioether (sulfide) groups is 1. The molecule has 2 heterocycles. The number of fused-ring (bicyclic) bond motifs is 1. The largest absolute Gasteiger partial charge is 0.454 e. The van der Waals surface area contributed by atoms with Gasteiger partial charge < -0.3 is 19.7 Å². The first-order chi connectivity index (χ1) is 19.4. The smallest absolute Gasteiger partial charge is 0.251 e. The lowest BCUT2D eigenvalue weighted by atomic mass is 10.0. The van der Waals surface area contributed by atoms with Crippen molar-refractivity contribution in [2.75, 3.05) is 17.9 Å². The lowest BCUT2D eigenvalue weighted by Gasteiger charge is -2.31. The van der Waals surface area contributed by atoms with Crippen LogP contribution in [0.5, 0.6) is 11.5 Å². The molecule has 0 saturated heterocycles. The normalized spacial score (nSPS) is 12.6. The second-order valence-electron chi connectivity index (χ2n) is 9.24. The molecule has 1 atom stereocenters. The number of anilines is 1. The highest BCUT2D eigenvalue weighted by atomic mass is 32.2. The molecule has 0 saturated carbocycles. The van der Waals surface area contributed by atoms with Gasteiger partial charge in [-0.05, 0) is 55.3 Å². The van der Waals surface area contributed by atoms with Crippen molar-refractivity contribution >= 4 is 29.3 Å². The Morgan fingerprint density at radius 2 is 1.65 bits per heavy atom. The molecule has 40 heavy (non-hydrogen) atoms. The molecule has 0 radical (unpaired) electrons. The van der Waals surface area contributed by atoms with Crippen molar-refractivity contribution in [1.82, 2.24) is 14.9 Å². The van der Waals surface area contributed by atoms with Crippen molar-refractivity contribution in [3.63, 3.8) is 0 Å². The molecule has 2 amide bonds. The van der Waals surface area contributed by atoms with Crippen molar-refractivity contribution in [3.8, 4) is 11.5 Å². The molecule has 4 aromatic rings. The van der Waals surface area contributed by atoms with Crippen LogP contribution in [-0.2, 0) is 16.1 Å². The molecule has 1 aliphatic rings. The minimum atomic E-state index is -0.982. The number of carbonyl (C=O) groups excluding carboxylic acids is 2. The molecule has 0 aliphatic carbocycles. The fourth-order valence-electron chi connectivity index (χ4n) is 4.37. The molecule has 3 aromatic carbocycles. The Balaban J connectivity index is 1.46. The molecule has 204 valence electrons. The SMILES string of the molecule is Cc1cc(C)nc(SCC(=O)N(Cc2ccc(F)cc2)C(C(=O)Nc2ccc3c(c2)OCO3)c2ccccc2)n1. The number of benzene rings is 3. The summed E-state index contributed by atoms with van der Waals surface area (Å²) >= 11 is 1.20. The van der Waals surface area contributed by atoms with Crippen molar-refractivity contribution < 1.29 is 23.5 Å². The third-order valence-electron chi connectivity index (χ3n) is 6.19. The Morgan fingerprint density at radius 3 is 2.38 bits per heavy atom. The number of carbonyl (C=O) groups is 2. The van der Waals surface area contributed by atoms with Crippen molar-refractivity contribution in [1.29, 1.82) is 0 Å². The summed E-state index contributed by atoms with van der Waals surface area (Å²) in [5.74, 6) is 0.0313. The molecule has 10 heteroatoms. The van der Waals surface area contributed by atoms with Gasteiger partial charge in [0, 0.05) is 29.7 Å². The van der Waals surface area contributed by atoms with Gasteiger partial charge in [0.05, 0.1) is 5.75 Å². The van der Waals surface area contributed by atoms with Crippen LogP contribution < -0.4 is 14.8 Å². The van der Waals surface area contributed by atoms with E-state index in [4.69, 9.17) is 9.47 Å². The van der Waals surface area contributed by atoms with Crippen molar-refractivity contribution in [3.05, 3.63) is 107 Å². The standard InChI is InChI=1S/C30H27FN4O4S/c1-19-14-20(2)33-30(32-19)40-17-27(36)35(16-21-8-10-23(31)11-9-21)28(22-6-4-3-5-7-22)29(37)34-24-12-13-25-26(15-24)39-18-38-25/h3-15,28H,16-18H2,1-2H3,(H,34,37). The minimum absolute atomic E-state index is 0.00469. The van der Waals surface area contributed by atoms with Gasteiger partial charge in [-0.15, -0.1) is 0 Å². The number of halogens is 1. The van der Waals surface area contributed by atoms with Crippen LogP contribution >= 0.6 is 11.8 Å². The molecule has 0 bridgehead atoms. The fourth-order valence-corrected chi connectivity index (χ4v) is 5.21. The number of nitrogens with zero attached hydrogens (tertiary/aromatic N) is 3. The minimum Gasteiger partial charge on any atom is -0.454 e. The van der Waals surface area contributed by atoms with E-state index in [0.717, 1.165) is 11.4 Å². The van der Waals surface area contributed by atoms with E-state index < -0.39 is 11.9 Å². The fraction of sp³-hybridized carbons (Fsp3) is 0.200. The maximum absolute atomic E-state index is 13.9. The van der Waals surface area contributed by atoms with Crippen molar-refractivity contribution in [2.45, 2.75) is 31.6 Å². The highest BCUT2D eigenvalue weighted by Crippen LogP contribution is 2.35. The van der Waals surface area contributed by atoms with Gasteiger partial charge in [-0.1, -0.05) is 54.2 Å². The lowest BCUT2D eigenvalue weighted by molar-refractivity contribution is -0.137. The Bertz CT molecular complexity index is 1500. The number of amides is 2. The highest BCUT2D eigenvalue weighted by molar-refractivity contribution is 7.99. The van der Waals surface area contributed by atoms with Crippen LogP contribution in [0.2, 0.25) is 0 Å². The average Bonchev–Trinajstić information content (AvgIpc) is 3.41. The number of aromatic nitrogens is 2. The van der Waals surface area contributed by atoms with Crippen LogP contribution in [0.15, 0.2) is 84.0 Å². The van der Waals surface area contributed by atoms with Crippen LogP contribution in [0.1, 0.15) is 28.6 Å². The predicted molar refractivity (Wildman–Crippen MR) is 150 cm³/mol. The van der Waals surface area contributed by atoms with E-state index in [9.17, 15) is 14.0 Å². The number of rotatable bonds is 9. The molecule has 8 nitrogen and oxygen atoms in total. The average molecular weight is 559 g/mol. The topological polar surface area (TPSA) is 93.7 Å². The second-order valence-corrected chi connectivity index (χ2v) is 10.2. The first-order valence-electron chi connectivity index (χ1n) is 12.6. The van der Waals surface area contributed by atoms with Gasteiger partial charge in [0.1, 0.15) is 11.9 Å². The summed E-state index contributed by atoms with van der Waals surface area (Å²) in [6.45, 7) is 3.93. The predicted octanol–water partition coefficient (Wildman–Crippen LogP) is 5.46. The van der Waals surface area contributed by atoms with E-state index in [1.807, 2.05) is 38.1 Å². The number of ether oxygens (including phenoxy) is 2. The summed E-state index contributed by atoms with van der Waals surface area (Å²) in [5, 5.41) is 3.41. The highest BCUT2D eigenvalue weighted by Gasteiger charge is 2.32. The number of hydrogen-bond donors (Lipinski definition) is 1. The number of hydrogen-bond acceptors (Lipinski definition) is 7. The summed E-state index contributed by atoms with van der Waals surface area (Å²) in [5.41, 5.74) is 3.41. The van der Waals surface area contributed by atoms with E-state index in [0.29, 0.717) is 33.5 Å². The monoisotopic (exact) mass is 558 g/mol.